The second kappa shape index (κ2) is 11.5. The van der Waals surface area contributed by atoms with Crippen LogP contribution in [0.15, 0.2) is 91.0 Å². The molecule has 0 bridgehead atoms. The van der Waals surface area contributed by atoms with E-state index in [4.69, 9.17) is 9.72 Å². The van der Waals surface area contributed by atoms with Gasteiger partial charge in [-0.1, -0.05) is 92.9 Å². The van der Waals surface area contributed by atoms with E-state index in [9.17, 15) is 4.79 Å². The van der Waals surface area contributed by atoms with Crippen molar-refractivity contribution in [3.05, 3.63) is 108 Å². The number of aromatic nitrogens is 2. The number of carbonyl (C=O) groups is 1. The summed E-state index contributed by atoms with van der Waals surface area (Å²) in [6, 6.07) is 31.6. The largest absolute Gasteiger partial charge is 0.497 e. The maximum Gasteiger partial charge on any atom is 0.243 e. The Labute approximate surface area is 236 Å². The monoisotopic (exact) mass is 531 g/mol. The van der Waals surface area contributed by atoms with Crippen molar-refractivity contribution >= 4 is 27.7 Å². The molecule has 1 unspecified atom stereocenters. The standard InChI is InChI=1S/C35H37N3O2/c1-25(27-17-18-29-22-31(40-2)20-19-28(29)21-27)35-36-32-15-9-10-16-33(32)38(35)24-34(39)37(30-13-7-4-8-14-30)23-26-11-5-3-6-12-26/h3,5-6,9-12,15-22,25,30H,4,7-8,13-14,23-24H2,1-2H3. The summed E-state index contributed by atoms with van der Waals surface area (Å²) in [5, 5.41) is 2.30. The second-order valence-corrected chi connectivity index (χ2v) is 11.0. The lowest BCUT2D eigenvalue weighted by Crippen LogP contribution is -2.42. The zero-order valence-corrected chi connectivity index (χ0v) is 23.4. The molecular formula is C35H37N3O2. The summed E-state index contributed by atoms with van der Waals surface area (Å²) >= 11 is 0. The lowest BCUT2D eigenvalue weighted by Gasteiger charge is -2.35. The van der Waals surface area contributed by atoms with Gasteiger partial charge in [0.1, 0.15) is 18.1 Å². The Morgan fingerprint density at radius 3 is 2.45 bits per heavy atom. The third-order valence-corrected chi connectivity index (χ3v) is 8.47. The minimum Gasteiger partial charge on any atom is -0.497 e. The van der Waals surface area contributed by atoms with Crippen LogP contribution >= 0.6 is 0 Å². The van der Waals surface area contributed by atoms with Crippen LogP contribution in [-0.4, -0.2) is 33.5 Å². The van der Waals surface area contributed by atoms with E-state index in [1.54, 1.807) is 7.11 Å². The molecule has 5 aromatic rings. The van der Waals surface area contributed by atoms with Crippen molar-refractivity contribution in [3.63, 3.8) is 0 Å². The lowest BCUT2D eigenvalue weighted by molar-refractivity contribution is -0.135. The van der Waals surface area contributed by atoms with Gasteiger partial charge in [-0.25, -0.2) is 4.98 Å². The zero-order chi connectivity index (χ0) is 27.5. The number of carbonyl (C=O) groups excluding carboxylic acids is 1. The van der Waals surface area contributed by atoms with Gasteiger partial charge in [0.25, 0.3) is 0 Å². The van der Waals surface area contributed by atoms with Gasteiger partial charge < -0.3 is 14.2 Å². The highest BCUT2D eigenvalue weighted by Gasteiger charge is 2.28. The van der Waals surface area contributed by atoms with Crippen LogP contribution in [0.4, 0.5) is 0 Å². The lowest BCUT2D eigenvalue weighted by atomic mass is 9.93. The number of hydrogen-bond donors (Lipinski definition) is 0. The number of hydrogen-bond acceptors (Lipinski definition) is 3. The first-order valence-corrected chi connectivity index (χ1v) is 14.5. The van der Waals surface area contributed by atoms with Crippen LogP contribution in [0.3, 0.4) is 0 Å². The highest BCUT2D eigenvalue weighted by Crippen LogP contribution is 2.31. The van der Waals surface area contributed by atoms with Crippen LogP contribution in [0.25, 0.3) is 21.8 Å². The number of rotatable bonds is 8. The van der Waals surface area contributed by atoms with E-state index in [-0.39, 0.29) is 24.4 Å². The fourth-order valence-electron chi connectivity index (χ4n) is 6.20. The van der Waals surface area contributed by atoms with E-state index in [1.807, 2.05) is 30.3 Å². The molecule has 1 aliphatic rings. The molecular weight excluding hydrogens is 494 g/mol. The van der Waals surface area contributed by atoms with E-state index >= 15 is 0 Å². The number of amides is 1. The molecule has 40 heavy (non-hydrogen) atoms. The molecule has 204 valence electrons. The van der Waals surface area contributed by atoms with Gasteiger partial charge in [0, 0.05) is 18.5 Å². The van der Waals surface area contributed by atoms with Crippen LogP contribution in [0.1, 0.15) is 61.9 Å². The fraction of sp³-hybridized carbons (Fsp3) is 0.314. The third-order valence-electron chi connectivity index (χ3n) is 8.47. The maximum absolute atomic E-state index is 14.2. The highest BCUT2D eigenvalue weighted by atomic mass is 16.5. The Morgan fingerprint density at radius 1 is 0.925 bits per heavy atom. The molecule has 1 aliphatic carbocycles. The maximum atomic E-state index is 14.2. The zero-order valence-electron chi connectivity index (χ0n) is 23.4. The quantitative estimate of drug-likeness (QED) is 0.206. The number of ether oxygens (including phenoxy) is 1. The number of imidazole rings is 1. The normalized spacial score (nSPS) is 14.8. The molecule has 1 aromatic heterocycles. The van der Waals surface area contributed by atoms with Gasteiger partial charge in [0.05, 0.1) is 18.1 Å². The fourth-order valence-corrected chi connectivity index (χ4v) is 6.20. The summed E-state index contributed by atoms with van der Waals surface area (Å²) in [6.07, 6.45) is 5.79. The number of benzene rings is 4. The average molecular weight is 532 g/mol. The van der Waals surface area contributed by atoms with Crippen LogP contribution < -0.4 is 4.74 Å². The van der Waals surface area contributed by atoms with Crippen molar-refractivity contribution in [2.24, 2.45) is 0 Å². The number of para-hydroxylation sites is 2. The minimum atomic E-state index is 0.0176. The number of methoxy groups -OCH3 is 1. The van der Waals surface area contributed by atoms with Crippen molar-refractivity contribution in [2.45, 2.75) is 64.1 Å². The molecule has 1 atom stereocenters. The molecule has 5 nitrogen and oxygen atoms in total. The molecule has 1 amide bonds. The SMILES string of the molecule is COc1ccc2cc(C(C)c3nc4ccccc4n3CC(=O)N(Cc3ccccc3)C3CCCCC3)ccc2c1. The smallest absolute Gasteiger partial charge is 0.243 e. The van der Waals surface area contributed by atoms with Gasteiger partial charge in [-0.2, -0.15) is 0 Å². The molecule has 6 rings (SSSR count). The first-order valence-electron chi connectivity index (χ1n) is 14.5. The molecule has 0 radical (unpaired) electrons. The molecule has 0 N–H and O–H groups in total. The van der Waals surface area contributed by atoms with E-state index in [1.165, 1.54) is 30.4 Å². The molecule has 1 heterocycles. The van der Waals surface area contributed by atoms with E-state index in [0.29, 0.717) is 6.54 Å². The van der Waals surface area contributed by atoms with E-state index in [0.717, 1.165) is 46.2 Å². The summed E-state index contributed by atoms with van der Waals surface area (Å²) in [7, 11) is 1.69. The first-order chi connectivity index (χ1) is 19.6. The summed E-state index contributed by atoms with van der Waals surface area (Å²) in [5.41, 5.74) is 4.29. The molecule has 0 aliphatic heterocycles. The van der Waals surface area contributed by atoms with Gasteiger partial charge >= 0.3 is 0 Å². The van der Waals surface area contributed by atoms with E-state index in [2.05, 4.69) is 77.1 Å². The van der Waals surface area contributed by atoms with Gasteiger partial charge in [-0.15, -0.1) is 0 Å². The van der Waals surface area contributed by atoms with Crippen LogP contribution in [0.5, 0.6) is 5.75 Å². The van der Waals surface area contributed by atoms with Gasteiger partial charge in [0.15, 0.2) is 0 Å². The third kappa shape index (κ3) is 5.33. The molecule has 5 heteroatoms. The summed E-state index contributed by atoms with van der Waals surface area (Å²) in [6.45, 7) is 3.13. The summed E-state index contributed by atoms with van der Waals surface area (Å²) in [5.74, 6) is 1.96. The van der Waals surface area contributed by atoms with Crippen molar-refractivity contribution in [3.8, 4) is 5.75 Å². The van der Waals surface area contributed by atoms with Crippen molar-refractivity contribution in [2.75, 3.05) is 7.11 Å². The van der Waals surface area contributed by atoms with Crippen LogP contribution in [-0.2, 0) is 17.9 Å². The Hall–Kier alpha value is -4.12. The van der Waals surface area contributed by atoms with Crippen molar-refractivity contribution < 1.29 is 9.53 Å². The molecule has 1 fully saturated rings. The minimum absolute atomic E-state index is 0.0176. The average Bonchev–Trinajstić information content (AvgIpc) is 3.37. The van der Waals surface area contributed by atoms with Crippen molar-refractivity contribution in [1.82, 2.24) is 14.5 Å². The Balaban J connectivity index is 1.35. The van der Waals surface area contributed by atoms with Crippen molar-refractivity contribution in [1.29, 1.82) is 0 Å². The summed E-state index contributed by atoms with van der Waals surface area (Å²) < 4.78 is 7.56. The van der Waals surface area contributed by atoms with Gasteiger partial charge in [-0.05, 0) is 59.0 Å². The van der Waals surface area contributed by atoms with Gasteiger partial charge in [-0.3, -0.25) is 4.79 Å². The predicted octanol–water partition coefficient (Wildman–Crippen LogP) is 7.71. The Kier molecular flexibility index (Phi) is 7.54. The Morgan fingerprint density at radius 2 is 1.65 bits per heavy atom. The molecule has 0 spiro atoms. The van der Waals surface area contributed by atoms with Crippen LogP contribution in [0, 0.1) is 0 Å². The first kappa shape index (κ1) is 26.1. The molecule has 1 saturated carbocycles. The second-order valence-electron chi connectivity index (χ2n) is 11.0. The predicted molar refractivity (Wildman–Crippen MR) is 162 cm³/mol. The van der Waals surface area contributed by atoms with Gasteiger partial charge in [0.2, 0.25) is 5.91 Å². The Bertz CT molecular complexity index is 1620. The number of fused-ring (bicyclic) bond motifs is 2. The van der Waals surface area contributed by atoms with Crippen LogP contribution in [0.2, 0.25) is 0 Å². The number of nitrogens with zero attached hydrogens (tertiary/aromatic N) is 3. The molecule has 0 saturated heterocycles. The highest BCUT2D eigenvalue weighted by molar-refractivity contribution is 5.85. The molecule has 4 aromatic carbocycles. The topological polar surface area (TPSA) is 47.4 Å². The van der Waals surface area contributed by atoms with E-state index < -0.39 is 0 Å². The summed E-state index contributed by atoms with van der Waals surface area (Å²) in [4.78, 5) is 21.4.